The summed E-state index contributed by atoms with van der Waals surface area (Å²) in [4.78, 5) is 0. The smallest absolute Gasteiger partial charge is 0.168 e. The van der Waals surface area contributed by atoms with E-state index in [0.29, 0.717) is 0 Å². The molecule has 0 spiro atoms. The van der Waals surface area contributed by atoms with Gasteiger partial charge in [0.1, 0.15) is 0 Å². The minimum Gasteiger partial charge on any atom is -0.380 e. The second kappa shape index (κ2) is 5.60. The fourth-order valence-corrected chi connectivity index (χ4v) is 11.7. The van der Waals surface area contributed by atoms with Gasteiger partial charge in [-0.3, -0.25) is 0 Å². The number of aromatic nitrogens is 1. The van der Waals surface area contributed by atoms with E-state index in [-0.39, 0.29) is 0 Å². The molecule has 0 amide bonds. The van der Waals surface area contributed by atoms with Gasteiger partial charge in [0, 0.05) is 0 Å². The zero-order chi connectivity index (χ0) is 15.0. The van der Waals surface area contributed by atoms with Crippen molar-refractivity contribution in [2.24, 2.45) is 0 Å². The maximum Gasteiger partial charge on any atom is 0.168 e. The Hall–Kier alpha value is -0.286. The van der Waals surface area contributed by atoms with Gasteiger partial charge in [0.05, 0.1) is 8.07 Å². The molecule has 3 heteroatoms. The maximum absolute atomic E-state index is 2.67. The number of hydrogen-bond donors (Lipinski definition) is 0. The Kier molecular flexibility index (Phi) is 4.95. The number of hydrogen-bond acceptors (Lipinski definition) is 0. The van der Waals surface area contributed by atoms with Crippen LogP contribution < -0.4 is 5.19 Å². The molecule has 0 aliphatic rings. The third kappa shape index (κ3) is 2.92. The zero-order valence-electron chi connectivity index (χ0n) is 14.4. The van der Waals surface area contributed by atoms with Gasteiger partial charge in [0.25, 0.3) is 0 Å². The van der Waals surface area contributed by atoms with E-state index in [4.69, 9.17) is 0 Å². The molecule has 1 rings (SSSR count). The van der Waals surface area contributed by atoms with E-state index in [1.165, 1.54) is 0 Å². The molecule has 0 fully saturated rings. The number of nitrogens with zero attached hydrogens (tertiary/aromatic N) is 1. The van der Waals surface area contributed by atoms with E-state index in [1.54, 1.807) is 5.19 Å². The maximum atomic E-state index is 2.67. The van der Waals surface area contributed by atoms with Crippen molar-refractivity contribution in [2.75, 3.05) is 0 Å². The highest BCUT2D eigenvalue weighted by Gasteiger charge is 2.45. The summed E-state index contributed by atoms with van der Waals surface area (Å²) < 4.78 is 2.67. The van der Waals surface area contributed by atoms with Crippen LogP contribution in [0.15, 0.2) is 18.5 Å². The van der Waals surface area contributed by atoms with Gasteiger partial charge in [-0.15, -0.1) is 0 Å². The lowest BCUT2D eigenvalue weighted by Crippen LogP contribution is -2.52. The first-order valence-corrected chi connectivity index (χ1v) is 13.4. The molecule has 0 bridgehead atoms. The summed E-state index contributed by atoms with van der Waals surface area (Å²) in [6.07, 6.45) is 4.89. The topological polar surface area (TPSA) is 4.93 Å². The summed E-state index contributed by atoms with van der Waals surface area (Å²) >= 11 is 0. The first-order chi connectivity index (χ1) is 8.54. The largest absolute Gasteiger partial charge is 0.380 e. The van der Waals surface area contributed by atoms with Crippen LogP contribution in [0.5, 0.6) is 0 Å². The lowest BCUT2D eigenvalue weighted by atomic mass is 10.5. The van der Waals surface area contributed by atoms with Crippen LogP contribution >= 0.6 is 0 Å². The van der Waals surface area contributed by atoms with Crippen molar-refractivity contribution in [3.05, 3.63) is 18.5 Å². The van der Waals surface area contributed by atoms with Crippen molar-refractivity contribution in [3.8, 4) is 0 Å². The lowest BCUT2D eigenvalue weighted by molar-refractivity contribution is 0.766. The van der Waals surface area contributed by atoms with Crippen molar-refractivity contribution in [1.82, 2.24) is 4.23 Å². The molecule has 110 valence electrons. The molecular formula is C16H33NSi2. The summed E-state index contributed by atoms with van der Waals surface area (Å²) in [5.41, 5.74) is 2.32. The molecule has 0 atom stereocenters. The van der Waals surface area contributed by atoms with Gasteiger partial charge in [-0.2, -0.15) is 0 Å². The van der Waals surface area contributed by atoms with Crippen LogP contribution in [0.1, 0.15) is 41.5 Å². The van der Waals surface area contributed by atoms with E-state index in [9.17, 15) is 0 Å². The van der Waals surface area contributed by atoms with Crippen molar-refractivity contribution in [2.45, 2.75) is 77.8 Å². The van der Waals surface area contributed by atoms with E-state index >= 15 is 0 Å². The predicted molar refractivity (Wildman–Crippen MR) is 93.9 cm³/mol. The summed E-state index contributed by atoms with van der Waals surface area (Å²) in [6, 6.07) is 2.39. The Bertz CT molecular complexity index is 389. The Balaban J connectivity index is 3.38. The summed E-state index contributed by atoms with van der Waals surface area (Å²) in [5.74, 6) is 0. The molecule has 0 N–H and O–H groups in total. The molecule has 1 heterocycles. The first kappa shape index (κ1) is 16.8. The van der Waals surface area contributed by atoms with Gasteiger partial charge >= 0.3 is 0 Å². The molecule has 0 aromatic carbocycles. The van der Waals surface area contributed by atoms with Gasteiger partial charge in [0.2, 0.25) is 0 Å². The Morgan fingerprint density at radius 2 is 1.26 bits per heavy atom. The standard InChI is InChI=1S/C16H33NSi2/c1-13(2)19(14(3)4,15(5)6)17-11-10-16(12-17)18(7,8)9/h10-15H,1-9H3. The highest BCUT2D eigenvalue weighted by Crippen LogP contribution is 2.42. The van der Waals surface area contributed by atoms with E-state index in [2.05, 4.69) is 83.9 Å². The van der Waals surface area contributed by atoms with E-state index in [0.717, 1.165) is 16.6 Å². The first-order valence-electron chi connectivity index (χ1n) is 7.73. The molecule has 0 aliphatic heterocycles. The second-order valence-corrected chi connectivity index (χ2v) is 18.7. The molecular weight excluding hydrogens is 262 g/mol. The monoisotopic (exact) mass is 295 g/mol. The average Bonchev–Trinajstić information content (AvgIpc) is 2.65. The molecule has 19 heavy (non-hydrogen) atoms. The summed E-state index contributed by atoms with van der Waals surface area (Å²) in [5, 5.41) is 1.60. The van der Waals surface area contributed by atoms with Crippen LogP contribution in [0.2, 0.25) is 36.3 Å². The highest BCUT2D eigenvalue weighted by atomic mass is 28.3. The fraction of sp³-hybridized carbons (Fsp3) is 0.750. The lowest BCUT2D eigenvalue weighted by Gasteiger charge is -2.44. The van der Waals surface area contributed by atoms with Gasteiger partial charge in [-0.25, -0.2) is 0 Å². The average molecular weight is 296 g/mol. The zero-order valence-corrected chi connectivity index (χ0v) is 16.4. The summed E-state index contributed by atoms with van der Waals surface area (Å²) in [7, 11) is -2.72. The van der Waals surface area contributed by atoms with E-state index in [1.807, 2.05) is 0 Å². The van der Waals surface area contributed by atoms with Gasteiger partial charge in [-0.05, 0) is 40.3 Å². The fourth-order valence-electron chi connectivity index (χ4n) is 3.98. The Labute approximate surface area is 122 Å². The van der Waals surface area contributed by atoms with Crippen LogP contribution in [-0.2, 0) is 0 Å². The predicted octanol–water partition coefficient (Wildman–Crippen LogP) is 5.06. The van der Waals surface area contributed by atoms with Crippen molar-refractivity contribution in [3.63, 3.8) is 0 Å². The summed E-state index contributed by atoms with van der Waals surface area (Å²) in [6.45, 7) is 21.9. The third-order valence-electron chi connectivity index (χ3n) is 4.78. The molecule has 0 saturated heterocycles. The third-order valence-corrected chi connectivity index (χ3v) is 13.5. The number of rotatable bonds is 5. The van der Waals surface area contributed by atoms with Crippen LogP contribution in [0, 0.1) is 0 Å². The SMILES string of the molecule is CC(C)[Si](C(C)C)(C(C)C)n1ccc([Si](C)(C)C)c1. The second-order valence-electron chi connectivity index (χ2n) is 7.91. The Morgan fingerprint density at radius 3 is 1.53 bits per heavy atom. The van der Waals surface area contributed by atoms with Crippen LogP contribution in [0.4, 0.5) is 0 Å². The molecule has 1 aromatic heterocycles. The minimum absolute atomic E-state index is 0.773. The van der Waals surface area contributed by atoms with Crippen LogP contribution in [-0.4, -0.2) is 20.5 Å². The van der Waals surface area contributed by atoms with Crippen molar-refractivity contribution >= 4 is 21.5 Å². The Morgan fingerprint density at radius 1 is 0.842 bits per heavy atom. The molecule has 0 unspecified atom stereocenters. The van der Waals surface area contributed by atoms with Crippen LogP contribution in [0.3, 0.4) is 0 Å². The molecule has 0 saturated carbocycles. The normalized spacial score (nSPS) is 13.9. The molecule has 1 nitrogen and oxygen atoms in total. The molecule has 0 aliphatic carbocycles. The van der Waals surface area contributed by atoms with Gasteiger partial charge in [-0.1, -0.05) is 61.2 Å². The van der Waals surface area contributed by atoms with Crippen molar-refractivity contribution in [1.29, 1.82) is 0 Å². The molecule has 0 radical (unpaired) electrons. The minimum atomic E-state index is -1.52. The van der Waals surface area contributed by atoms with Gasteiger partial charge < -0.3 is 4.23 Å². The van der Waals surface area contributed by atoms with Gasteiger partial charge in [0.15, 0.2) is 8.24 Å². The van der Waals surface area contributed by atoms with Crippen LogP contribution in [0.25, 0.3) is 0 Å². The quantitative estimate of drug-likeness (QED) is 0.669. The van der Waals surface area contributed by atoms with E-state index < -0.39 is 16.3 Å². The molecule has 1 aromatic rings. The van der Waals surface area contributed by atoms with Crippen molar-refractivity contribution < 1.29 is 0 Å². The highest BCUT2D eigenvalue weighted by molar-refractivity contribution is 6.89.